The number of benzene rings is 2. The second-order valence-electron chi connectivity index (χ2n) is 7.34. The molecule has 1 heterocycles. The van der Waals surface area contributed by atoms with Gasteiger partial charge < -0.3 is 15.1 Å². The fourth-order valence-corrected chi connectivity index (χ4v) is 3.46. The molecule has 3 rings (SSSR count). The van der Waals surface area contributed by atoms with Gasteiger partial charge in [-0.25, -0.2) is 4.79 Å². The van der Waals surface area contributed by atoms with Gasteiger partial charge in [0.2, 0.25) is 5.91 Å². The number of amides is 3. The molecule has 0 bridgehead atoms. The van der Waals surface area contributed by atoms with Crippen LogP contribution >= 0.6 is 0 Å². The van der Waals surface area contributed by atoms with Gasteiger partial charge in [-0.3, -0.25) is 4.79 Å². The zero-order chi connectivity index (χ0) is 19.2. The van der Waals surface area contributed by atoms with E-state index in [0.717, 1.165) is 23.2 Å². The Morgan fingerprint density at radius 3 is 2.67 bits per heavy atom. The third-order valence-corrected chi connectivity index (χ3v) is 4.99. The molecule has 142 valence electrons. The van der Waals surface area contributed by atoms with Crippen molar-refractivity contribution in [1.82, 2.24) is 9.80 Å². The summed E-state index contributed by atoms with van der Waals surface area (Å²) in [6.45, 7) is 3.93. The average molecular weight is 365 g/mol. The number of nitrogens with one attached hydrogen (secondary N) is 1. The number of carbonyl (C=O) groups excluding carboxylic acids is 2. The van der Waals surface area contributed by atoms with Gasteiger partial charge in [0.1, 0.15) is 0 Å². The molecule has 0 aliphatic carbocycles. The third kappa shape index (κ3) is 5.33. The lowest BCUT2D eigenvalue weighted by molar-refractivity contribution is -0.131. The summed E-state index contributed by atoms with van der Waals surface area (Å²) in [5.41, 5.74) is 3.04. The number of aryl methyl sites for hydroxylation is 1. The Morgan fingerprint density at radius 2 is 1.93 bits per heavy atom. The highest BCUT2D eigenvalue weighted by molar-refractivity contribution is 5.89. The van der Waals surface area contributed by atoms with Gasteiger partial charge in [0, 0.05) is 38.8 Å². The minimum atomic E-state index is -0.0896. The van der Waals surface area contributed by atoms with Crippen LogP contribution in [0.2, 0.25) is 0 Å². The normalized spacial score (nSPS) is 16.2. The van der Waals surface area contributed by atoms with Crippen LogP contribution in [-0.2, 0) is 11.3 Å². The van der Waals surface area contributed by atoms with Gasteiger partial charge >= 0.3 is 6.03 Å². The van der Waals surface area contributed by atoms with Crippen LogP contribution < -0.4 is 5.32 Å². The minimum Gasteiger partial charge on any atom is -0.341 e. The highest BCUT2D eigenvalue weighted by Crippen LogP contribution is 2.22. The van der Waals surface area contributed by atoms with Crippen molar-refractivity contribution in [2.45, 2.75) is 26.3 Å². The van der Waals surface area contributed by atoms with Crippen LogP contribution in [0, 0.1) is 12.8 Å². The van der Waals surface area contributed by atoms with Gasteiger partial charge in [-0.1, -0.05) is 42.5 Å². The van der Waals surface area contributed by atoms with Gasteiger partial charge in [0.25, 0.3) is 0 Å². The van der Waals surface area contributed by atoms with E-state index in [4.69, 9.17) is 0 Å². The summed E-state index contributed by atoms with van der Waals surface area (Å²) in [7, 11) is 1.84. The molecule has 1 unspecified atom stereocenters. The molecular weight excluding hydrogens is 338 g/mol. The van der Waals surface area contributed by atoms with Gasteiger partial charge in [-0.2, -0.15) is 0 Å². The maximum atomic E-state index is 12.5. The molecule has 0 spiro atoms. The Balaban J connectivity index is 1.47. The van der Waals surface area contributed by atoms with Gasteiger partial charge in [-0.05, 0) is 42.5 Å². The summed E-state index contributed by atoms with van der Waals surface area (Å²) in [5.74, 6) is 0.351. The number of anilines is 1. The molecule has 1 atom stereocenters. The van der Waals surface area contributed by atoms with E-state index in [2.05, 4.69) is 5.32 Å². The maximum absolute atomic E-state index is 12.5. The SMILES string of the molecule is Cc1cccc(NC(=O)N2CCC(CC(=O)N(C)Cc3ccccc3)C2)c1. The zero-order valence-corrected chi connectivity index (χ0v) is 16.0. The number of carbonyl (C=O) groups is 2. The van der Waals surface area contributed by atoms with Crippen molar-refractivity contribution in [3.05, 3.63) is 65.7 Å². The first-order valence-corrected chi connectivity index (χ1v) is 9.42. The van der Waals surface area contributed by atoms with Crippen LogP contribution in [-0.4, -0.2) is 41.9 Å². The molecule has 5 nitrogen and oxygen atoms in total. The molecule has 2 aromatic carbocycles. The number of hydrogen-bond donors (Lipinski definition) is 1. The summed E-state index contributed by atoms with van der Waals surface area (Å²) < 4.78 is 0. The highest BCUT2D eigenvalue weighted by Gasteiger charge is 2.28. The topological polar surface area (TPSA) is 52.7 Å². The van der Waals surface area contributed by atoms with E-state index >= 15 is 0 Å². The van der Waals surface area contributed by atoms with Crippen LogP contribution in [0.4, 0.5) is 10.5 Å². The monoisotopic (exact) mass is 365 g/mol. The van der Waals surface area contributed by atoms with E-state index in [1.807, 2.05) is 68.6 Å². The highest BCUT2D eigenvalue weighted by atomic mass is 16.2. The first-order chi connectivity index (χ1) is 13.0. The number of nitrogens with zero attached hydrogens (tertiary/aromatic N) is 2. The lowest BCUT2D eigenvalue weighted by Gasteiger charge is -2.20. The molecule has 3 amide bonds. The van der Waals surface area contributed by atoms with Crippen molar-refractivity contribution >= 4 is 17.6 Å². The lowest BCUT2D eigenvalue weighted by Crippen LogP contribution is -2.34. The predicted molar refractivity (Wildman–Crippen MR) is 107 cm³/mol. The number of urea groups is 1. The van der Waals surface area contributed by atoms with Crippen LogP contribution in [0.1, 0.15) is 24.0 Å². The van der Waals surface area contributed by atoms with Gasteiger partial charge in [0.05, 0.1) is 0 Å². The van der Waals surface area contributed by atoms with Crippen LogP contribution in [0.3, 0.4) is 0 Å². The van der Waals surface area contributed by atoms with Crippen molar-refractivity contribution in [1.29, 1.82) is 0 Å². The molecule has 0 radical (unpaired) electrons. The Morgan fingerprint density at radius 1 is 1.15 bits per heavy atom. The summed E-state index contributed by atoms with van der Waals surface area (Å²) in [6.07, 6.45) is 1.35. The Labute approximate surface area is 161 Å². The first-order valence-electron chi connectivity index (χ1n) is 9.42. The molecule has 1 aliphatic rings. The summed E-state index contributed by atoms with van der Waals surface area (Å²) in [5, 5.41) is 2.95. The van der Waals surface area contributed by atoms with E-state index in [9.17, 15) is 9.59 Å². The van der Waals surface area contributed by atoms with Crippen molar-refractivity contribution in [2.24, 2.45) is 5.92 Å². The number of rotatable bonds is 5. The Hall–Kier alpha value is -2.82. The Kier molecular flexibility index (Phi) is 6.12. The summed E-state index contributed by atoms with van der Waals surface area (Å²) >= 11 is 0. The molecule has 1 fully saturated rings. The fourth-order valence-electron chi connectivity index (χ4n) is 3.46. The minimum absolute atomic E-state index is 0.0896. The number of hydrogen-bond acceptors (Lipinski definition) is 2. The van der Waals surface area contributed by atoms with Crippen molar-refractivity contribution in [3.8, 4) is 0 Å². The van der Waals surface area contributed by atoms with Crippen LogP contribution in [0.5, 0.6) is 0 Å². The zero-order valence-electron chi connectivity index (χ0n) is 16.0. The van der Waals surface area contributed by atoms with Crippen molar-refractivity contribution in [3.63, 3.8) is 0 Å². The van der Waals surface area contributed by atoms with E-state index in [1.165, 1.54) is 0 Å². The largest absolute Gasteiger partial charge is 0.341 e. The van der Waals surface area contributed by atoms with Crippen LogP contribution in [0.25, 0.3) is 0 Å². The quantitative estimate of drug-likeness (QED) is 0.874. The lowest BCUT2D eigenvalue weighted by atomic mass is 10.0. The second kappa shape index (κ2) is 8.71. The smallest absolute Gasteiger partial charge is 0.321 e. The molecule has 27 heavy (non-hydrogen) atoms. The first kappa shape index (κ1) is 19.0. The predicted octanol–water partition coefficient (Wildman–Crippen LogP) is 3.90. The molecule has 2 aromatic rings. The molecule has 5 heteroatoms. The number of likely N-dealkylation sites (tertiary alicyclic amines) is 1. The second-order valence-corrected chi connectivity index (χ2v) is 7.34. The fraction of sp³-hybridized carbons (Fsp3) is 0.364. The average Bonchev–Trinajstić information content (AvgIpc) is 3.11. The van der Waals surface area contributed by atoms with Gasteiger partial charge in [-0.15, -0.1) is 0 Å². The van der Waals surface area contributed by atoms with Crippen LogP contribution in [0.15, 0.2) is 54.6 Å². The van der Waals surface area contributed by atoms with E-state index in [1.54, 1.807) is 9.80 Å². The van der Waals surface area contributed by atoms with E-state index in [0.29, 0.717) is 26.1 Å². The molecule has 0 saturated carbocycles. The maximum Gasteiger partial charge on any atom is 0.321 e. The van der Waals surface area contributed by atoms with Crippen molar-refractivity contribution in [2.75, 3.05) is 25.5 Å². The molecule has 0 aromatic heterocycles. The third-order valence-electron chi connectivity index (χ3n) is 4.99. The van der Waals surface area contributed by atoms with Crippen molar-refractivity contribution < 1.29 is 9.59 Å². The molecule has 1 aliphatic heterocycles. The standard InChI is InChI=1S/C22H27N3O2/c1-17-7-6-10-20(13-17)23-22(27)25-12-11-19(16-25)14-21(26)24(2)15-18-8-4-3-5-9-18/h3-10,13,19H,11-12,14-16H2,1-2H3,(H,23,27). The molecule has 1 saturated heterocycles. The molecule has 1 N–H and O–H groups in total. The van der Waals surface area contributed by atoms with Gasteiger partial charge in [0.15, 0.2) is 0 Å². The van der Waals surface area contributed by atoms with E-state index < -0.39 is 0 Å². The summed E-state index contributed by atoms with van der Waals surface area (Å²) in [4.78, 5) is 28.5. The van der Waals surface area contributed by atoms with E-state index in [-0.39, 0.29) is 17.9 Å². The molecular formula is C22H27N3O2. The Bertz CT molecular complexity index is 791. The summed E-state index contributed by atoms with van der Waals surface area (Å²) in [6, 6.07) is 17.7.